The molecule has 1 fully saturated rings. The highest BCUT2D eigenvalue weighted by molar-refractivity contribution is 5.85. The van der Waals surface area contributed by atoms with E-state index >= 15 is 0 Å². The third kappa shape index (κ3) is 4.35. The molecule has 0 aromatic carbocycles. The van der Waals surface area contributed by atoms with Crippen LogP contribution in [0.15, 0.2) is 18.2 Å². The van der Waals surface area contributed by atoms with Gasteiger partial charge in [0.05, 0.1) is 11.7 Å². The number of piperazine rings is 1. The Morgan fingerprint density at radius 3 is 2.56 bits per heavy atom. The van der Waals surface area contributed by atoms with E-state index in [2.05, 4.69) is 15.2 Å². The third-order valence-corrected chi connectivity index (χ3v) is 2.99. The van der Waals surface area contributed by atoms with Crippen LogP contribution in [-0.4, -0.2) is 42.7 Å². The monoisotopic (exact) mass is 295 g/mol. The summed E-state index contributed by atoms with van der Waals surface area (Å²) in [5, 5.41) is 3.27. The fourth-order valence-corrected chi connectivity index (χ4v) is 2.11. The Morgan fingerprint density at radius 2 is 2.00 bits per heavy atom. The third-order valence-electron chi connectivity index (χ3n) is 2.99. The van der Waals surface area contributed by atoms with Gasteiger partial charge in [0.1, 0.15) is 6.67 Å². The van der Waals surface area contributed by atoms with Gasteiger partial charge < -0.3 is 5.32 Å². The molecule has 1 aromatic heterocycles. The lowest BCUT2D eigenvalue weighted by Gasteiger charge is -2.33. The second kappa shape index (κ2) is 8.64. The number of aromatic nitrogens is 1. The van der Waals surface area contributed by atoms with Gasteiger partial charge in [-0.25, -0.2) is 4.39 Å². The predicted octanol–water partition coefficient (Wildman–Crippen LogP) is 2.15. The van der Waals surface area contributed by atoms with Crippen LogP contribution in [-0.2, 0) is 0 Å². The lowest BCUT2D eigenvalue weighted by Crippen LogP contribution is -2.45. The Kier molecular flexibility index (Phi) is 8.44. The minimum Gasteiger partial charge on any atom is -0.314 e. The molecule has 6 heteroatoms. The number of rotatable bonds is 3. The summed E-state index contributed by atoms with van der Waals surface area (Å²) < 4.78 is 13.2. The molecule has 2 rings (SSSR count). The van der Waals surface area contributed by atoms with Crippen LogP contribution in [0.3, 0.4) is 0 Å². The molecular formula is C12H20Cl2FN3. The topological polar surface area (TPSA) is 28.2 Å². The van der Waals surface area contributed by atoms with Crippen molar-refractivity contribution in [3.63, 3.8) is 0 Å². The standard InChI is InChI=1S/C12H18FN3.2ClH/c1-10-3-2-4-11(15-10)12(9-13)16-7-5-14-6-8-16;;/h2-4,12,14H,5-9H2,1H3;2*1H/t12-;;/m0../s1. The number of hydrogen-bond donors (Lipinski definition) is 1. The van der Waals surface area contributed by atoms with Crippen LogP contribution in [0.1, 0.15) is 17.4 Å². The first kappa shape index (κ1) is 17.6. The molecule has 0 unspecified atom stereocenters. The Morgan fingerprint density at radius 1 is 1.33 bits per heavy atom. The molecular weight excluding hydrogens is 276 g/mol. The molecule has 0 amide bonds. The van der Waals surface area contributed by atoms with Crippen LogP contribution in [0.2, 0.25) is 0 Å². The maximum absolute atomic E-state index is 13.2. The molecule has 2 heterocycles. The van der Waals surface area contributed by atoms with Gasteiger partial charge in [-0.2, -0.15) is 0 Å². The highest BCUT2D eigenvalue weighted by atomic mass is 35.5. The fraction of sp³-hybridized carbons (Fsp3) is 0.583. The summed E-state index contributed by atoms with van der Waals surface area (Å²) >= 11 is 0. The van der Waals surface area contributed by atoms with Gasteiger partial charge in [0.2, 0.25) is 0 Å². The summed E-state index contributed by atoms with van der Waals surface area (Å²) in [6.45, 7) is 5.23. The molecule has 3 nitrogen and oxygen atoms in total. The normalized spacial score (nSPS) is 17.4. The van der Waals surface area contributed by atoms with Gasteiger partial charge in [-0.15, -0.1) is 24.8 Å². The van der Waals surface area contributed by atoms with Crippen LogP contribution >= 0.6 is 24.8 Å². The van der Waals surface area contributed by atoms with Crippen molar-refractivity contribution in [2.45, 2.75) is 13.0 Å². The molecule has 0 saturated carbocycles. The van der Waals surface area contributed by atoms with Crippen LogP contribution in [0.25, 0.3) is 0 Å². The molecule has 1 aliphatic rings. The van der Waals surface area contributed by atoms with Gasteiger partial charge in [-0.1, -0.05) is 6.07 Å². The number of alkyl halides is 1. The maximum Gasteiger partial charge on any atom is 0.111 e. The molecule has 0 spiro atoms. The van der Waals surface area contributed by atoms with Gasteiger partial charge in [-0.3, -0.25) is 9.88 Å². The van der Waals surface area contributed by atoms with Crippen molar-refractivity contribution in [2.24, 2.45) is 0 Å². The summed E-state index contributed by atoms with van der Waals surface area (Å²) in [7, 11) is 0. The molecule has 1 aliphatic heterocycles. The highest BCUT2D eigenvalue weighted by Crippen LogP contribution is 2.20. The van der Waals surface area contributed by atoms with Crippen molar-refractivity contribution in [1.82, 2.24) is 15.2 Å². The van der Waals surface area contributed by atoms with Crippen molar-refractivity contribution in [2.75, 3.05) is 32.9 Å². The Hall–Kier alpha value is -0.420. The molecule has 1 saturated heterocycles. The van der Waals surface area contributed by atoms with Gasteiger partial charge in [0, 0.05) is 31.9 Å². The van der Waals surface area contributed by atoms with E-state index in [0.29, 0.717) is 0 Å². The minimum absolute atomic E-state index is 0. The maximum atomic E-state index is 13.2. The number of nitrogens with zero attached hydrogens (tertiary/aromatic N) is 2. The zero-order chi connectivity index (χ0) is 11.4. The zero-order valence-corrected chi connectivity index (χ0v) is 12.1. The second-order valence-corrected chi connectivity index (χ2v) is 4.16. The van der Waals surface area contributed by atoms with Crippen molar-refractivity contribution in [3.8, 4) is 0 Å². The molecule has 18 heavy (non-hydrogen) atoms. The molecule has 1 N–H and O–H groups in total. The lowest BCUT2D eigenvalue weighted by molar-refractivity contribution is 0.144. The molecule has 0 radical (unpaired) electrons. The number of pyridine rings is 1. The Balaban J connectivity index is 0.00000144. The average molecular weight is 296 g/mol. The summed E-state index contributed by atoms with van der Waals surface area (Å²) in [5.41, 5.74) is 1.80. The van der Waals surface area contributed by atoms with Crippen LogP contribution in [0, 0.1) is 6.92 Å². The van der Waals surface area contributed by atoms with E-state index in [1.807, 2.05) is 25.1 Å². The van der Waals surface area contributed by atoms with Crippen LogP contribution in [0.5, 0.6) is 0 Å². The van der Waals surface area contributed by atoms with E-state index in [0.717, 1.165) is 37.6 Å². The number of hydrogen-bond acceptors (Lipinski definition) is 3. The molecule has 104 valence electrons. The predicted molar refractivity (Wildman–Crippen MR) is 76.6 cm³/mol. The number of aryl methyl sites for hydroxylation is 1. The average Bonchev–Trinajstić information content (AvgIpc) is 2.31. The van der Waals surface area contributed by atoms with Crippen molar-refractivity contribution in [1.29, 1.82) is 0 Å². The Labute approximate surface area is 120 Å². The summed E-state index contributed by atoms with van der Waals surface area (Å²) in [6.07, 6.45) is 0. The van der Waals surface area contributed by atoms with Gasteiger partial charge in [-0.05, 0) is 19.1 Å². The fourth-order valence-electron chi connectivity index (χ4n) is 2.11. The van der Waals surface area contributed by atoms with Gasteiger partial charge in [0.25, 0.3) is 0 Å². The summed E-state index contributed by atoms with van der Waals surface area (Å²) in [4.78, 5) is 6.58. The number of halogens is 3. The molecule has 1 atom stereocenters. The van der Waals surface area contributed by atoms with E-state index < -0.39 is 0 Å². The first-order chi connectivity index (χ1) is 7.81. The number of nitrogens with one attached hydrogen (secondary N) is 1. The zero-order valence-electron chi connectivity index (χ0n) is 10.4. The quantitative estimate of drug-likeness (QED) is 0.926. The first-order valence-electron chi connectivity index (χ1n) is 5.75. The van der Waals surface area contributed by atoms with Crippen molar-refractivity contribution < 1.29 is 4.39 Å². The SMILES string of the molecule is Cc1cccc([C@H](CF)N2CCNCC2)n1.Cl.Cl. The minimum atomic E-state index is -0.365. The van der Waals surface area contributed by atoms with E-state index in [1.165, 1.54) is 0 Å². The molecule has 0 aliphatic carbocycles. The van der Waals surface area contributed by atoms with Crippen molar-refractivity contribution >= 4 is 24.8 Å². The van der Waals surface area contributed by atoms with E-state index in [4.69, 9.17) is 0 Å². The smallest absolute Gasteiger partial charge is 0.111 e. The highest BCUT2D eigenvalue weighted by Gasteiger charge is 2.22. The largest absolute Gasteiger partial charge is 0.314 e. The second-order valence-electron chi connectivity index (χ2n) is 4.16. The molecule has 1 aromatic rings. The summed E-state index contributed by atoms with van der Waals surface area (Å²) in [5.74, 6) is 0. The molecule has 0 bridgehead atoms. The lowest BCUT2D eigenvalue weighted by atomic mass is 10.1. The van der Waals surface area contributed by atoms with Crippen LogP contribution < -0.4 is 5.32 Å². The van der Waals surface area contributed by atoms with Gasteiger partial charge >= 0.3 is 0 Å². The van der Waals surface area contributed by atoms with Gasteiger partial charge in [0.15, 0.2) is 0 Å². The summed E-state index contributed by atoms with van der Waals surface area (Å²) in [6, 6.07) is 5.63. The van der Waals surface area contributed by atoms with E-state index in [-0.39, 0.29) is 37.5 Å². The van der Waals surface area contributed by atoms with Crippen LogP contribution in [0.4, 0.5) is 4.39 Å². The van der Waals surface area contributed by atoms with Crippen molar-refractivity contribution in [3.05, 3.63) is 29.6 Å². The Bertz CT molecular complexity index is 346. The van der Waals surface area contributed by atoms with E-state index in [1.54, 1.807) is 0 Å². The van der Waals surface area contributed by atoms with E-state index in [9.17, 15) is 4.39 Å². The first-order valence-corrected chi connectivity index (χ1v) is 5.75.